The number of benzene rings is 2. The van der Waals surface area contributed by atoms with Crippen LogP contribution in [0.5, 0.6) is 5.75 Å². The van der Waals surface area contributed by atoms with Crippen molar-refractivity contribution in [1.82, 2.24) is 14.6 Å². The van der Waals surface area contributed by atoms with Crippen molar-refractivity contribution >= 4 is 17.4 Å². The molecule has 41 heavy (non-hydrogen) atoms. The average molecular weight is 557 g/mol. The Bertz CT molecular complexity index is 1670. The van der Waals surface area contributed by atoms with Gasteiger partial charge in [0.15, 0.2) is 5.65 Å². The van der Waals surface area contributed by atoms with Gasteiger partial charge in [-0.15, -0.1) is 0 Å². The fraction of sp³-hybridized carbons (Fsp3) is 0.344. The van der Waals surface area contributed by atoms with Crippen LogP contribution in [-0.4, -0.2) is 57.6 Å². The van der Waals surface area contributed by atoms with E-state index < -0.39 is 5.97 Å². The van der Waals surface area contributed by atoms with E-state index in [9.17, 15) is 9.90 Å². The number of halogens is 1. The van der Waals surface area contributed by atoms with E-state index in [1.807, 2.05) is 62.4 Å². The molecular formula is C32H33FN4O4. The first-order chi connectivity index (χ1) is 19.7. The van der Waals surface area contributed by atoms with Crippen molar-refractivity contribution in [3.63, 3.8) is 0 Å². The third-order valence-electron chi connectivity index (χ3n) is 8.00. The molecule has 0 saturated carbocycles. The molecule has 3 aliphatic heterocycles. The molecule has 0 radical (unpaired) electrons. The molecule has 4 aromatic rings. The highest BCUT2D eigenvalue weighted by molar-refractivity contribution is 5.78. The summed E-state index contributed by atoms with van der Waals surface area (Å²) in [6.07, 6.45) is 5.22. The first kappa shape index (κ1) is 27.0. The molecule has 1 fully saturated rings. The van der Waals surface area contributed by atoms with Crippen molar-refractivity contribution in [2.75, 3.05) is 31.2 Å². The smallest absolute Gasteiger partial charge is 0.308 e. The molecule has 2 aromatic heterocycles. The Morgan fingerprint density at radius 3 is 2.61 bits per heavy atom. The molecule has 9 heteroatoms. The van der Waals surface area contributed by atoms with Crippen LogP contribution in [0.2, 0.25) is 0 Å². The maximum Gasteiger partial charge on any atom is 0.308 e. The Labute approximate surface area is 238 Å². The van der Waals surface area contributed by atoms with Gasteiger partial charge < -0.3 is 19.5 Å². The van der Waals surface area contributed by atoms with Crippen molar-refractivity contribution in [3.05, 3.63) is 77.3 Å². The zero-order chi connectivity index (χ0) is 28.7. The molecule has 0 amide bonds. The van der Waals surface area contributed by atoms with E-state index in [-0.39, 0.29) is 24.4 Å². The molecule has 1 N–H and O–H groups in total. The number of rotatable bonds is 2. The number of carboxylic acids is 1. The van der Waals surface area contributed by atoms with Gasteiger partial charge in [0.1, 0.15) is 24.0 Å². The number of aromatic nitrogens is 3. The number of carboxylic acid groups (broad SMARTS) is 1. The third-order valence-corrected chi connectivity index (χ3v) is 8.00. The maximum atomic E-state index is 15.4. The molecule has 212 valence electrons. The molecule has 0 unspecified atom stereocenters. The number of ether oxygens (including phenoxy) is 2. The lowest BCUT2D eigenvalue weighted by molar-refractivity contribution is -0.136. The summed E-state index contributed by atoms with van der Waals surface area (Å²) in [5, 5.41) is 14.7. The van der Waals surface area contributed by atoms with Crippen LogP contribution in [0.15, 0.2) is 54.6 Å². The van der Waals surface area contributed by atoms with Gasteiger partial charge in [-0.2, -0.15) is 9.61 Å². The van der Waals surface area contributed by atoms with Gasteiger partial charge >= 0.3 is 5.97 Å². The number of carbonyl (C=O) groups is 1. The van der Waals surface area contributed by atoms with E-state index in [1.54, 1.807) is 4.52 Å². The van der Waals surface area contributed by atoms with E-state index in [1.165, 1.54) is 6.07 Å². The largest absolute Gasteiger partial charge is 0.489 e. The third kappa shape index (κ3) is 5.29. The minimum atomic E-state index is -0.920. The Morgan fingerprint density at radius 2 is 1.83 bits per heavy atom. The predicted octanol–water partition coefficient (Wildman–Crippen LogP) is 5.77. The number of piperidine rings is 1. The van der Waals surface area contributed by atoms with Crippen molar-refractivity contribution in [2.24, 2.45) is 0 Å². The lowest BCUT2D eigenvalue weighted by Gasteiger charge is -2.40. The summed E-state index contributed by atoms with van der Waals surface area (Å²) in [5.41, 5.74) is 4.90. The van der Waals surface area contributed by atoms with Crippen molar-refractivity contribution in [2.45, 2.75) is 45.6 Å². The van der Waals surface area contributed by atoms with Crippen molar-refractivity contribution in [1.29, 1.82) is 0 Å². The fourth-order valence-electron chi connectivity index (χ4n) is 5.76. The Balaban J connectivity index is 1.54. The molecule has 8 nitrogen and oxygen atoms in total. The normalized spacial score (nSPS) is 17.4. The molecule has 3 aliphatic rings. The van der Waals surface area contributed by atoms with Gasteiger partial charge in [-0.3, -0.25) is 4.79 Å². The number of hydrogen-bond acceptors (Lipinski definition) is 6. The second-order valence-electron chi connectivity index (χ2n) is 11.1. The number of anilines is 1. The molecule has 7 rings (SSSR count). The second-order valence-corrected chi connectivity index (χ2v) is 11.1. The zero-order valence-electron chi connectivity index (χ0n) is 23.5. The molecule has 0 spiro atoms. The summed E-state index contributed by atoms with van der Waals surface area (Å²) < 4.78 is 29.5. The van der Waals surface area contributed by atoms with Crippen LogP contribution in [0.25, 0.3) is 28.0 Å². The minimum absolute atomic E-state index is 0.153. The number of hydrogen-bond donors (Lipinski definition) is 1. The molecule has 0 aliphatic carbocycles. The van der Waals surface area contributed by atoms with Gasteiger partial charge in [0.25, 0.3) is 0 Å². The predicted molar refractivity (Wildman–Crippen MR) is 155 cm³/mol. The number of aryl methyl sites for hydroxylation is 2. The van der Waals surface area contributed by atoms with E-state index in [2.05, 4.69) is 11.8 Å². The van der Waals surface area contributed by atoms with Gasteiger partial charge in [-0.05, 0) is 69.0 Å². The van der Waals surface area contributed by atoms with Crippen LogP contribution in [0.3, 0.4) is 0 Å². The second kappa shape index (κ2) is 10.6. The van der Waals surface area contributed by atoms with Gasteiger partial charge in [0.2, 0.25) is 0 Å². The molecular weight excluding hydrogens is 523 g/mol. The summed E-state index contributed by atoms with van der Waals surface area (Å²) >= 11 is 0. The average Bonchev–Trinajstić information content (AvgIpc) is 3.34. The molecule has 5 heterocycles. The molecule has 6 bridgehead atoms. The summed E-state index contributed by atoms with van der Waals surface area (Å²) in [7, 11) is 0. The van der Waals surface area contributed by atoms with E-state index in [0.29, 0.717) is 59.2 Å². The molecule has 1 saturated heterocycles. The highest BCUT2D eigenvalue weighted by Crippen LogP contribution is 2.37. The monoisotopic (exact) mass is 556 g/mol. The van der Waals surface area contributed by atoms with Gasteiger partial charge in [-0.1, -0.05) is 24.3 Å². The number of nitrogens with zero attached hydrogens (tertiary/aromatic N) is 4. The van der Waals surface area contributed by atoms with E-state index in [4.69, 9.17) is 19.6 Å². The van der Waals surface area contributed by atoms with Crippen LogP contribution in [0, 0.1) is 19.7 Å². The maximum absolute atomic E-state index is 15.4. The minimum Gasteiger partial charge on any atom is -0.489 e. The van der Waals surface area contributed by atoms with Crippen LogP contribution in [0.1, 0.15) is 36.6 Å². The highest BCUT2D eigenvalue weighted by Gasteiger charge is 2.33. The number of fused-ring (bicyclic) bond motifs is 6. The first-order valence-corrected chi connectivity index (χ1v) is 13.9. The van der Waals surface area contributed by atoms with Gasteiger partial charge in [0.05, 0.1) is 29.9 Å². The quantitative estimate of drug-likeness (QED) is 0.314. The Kier molecular flexibility index (Phi) is 6.99. The van der Waals surface area contributed by atoms with Gasteiger partial charge in [0, 0.05) is 36.0 Å². The summed E-state index contributed by atoms with van der Waals surface area (Å²) in [6, 6.07) is 12.8. The molecule has 2 aromatic carbocycles. The van der Waals surface area contributed by atoms with Crippen LogP contribution in [0.4, 0.5) is 10.2 Å². The number of aliphatic carboxylic acids is 1. The van der Waals surface area contributed by atoms with Crippen LogP contribution < -0.4 is 9.64 Å². The summed E-state index contributed by atoms with van der Waals surface area (Å²) in [6.45, 7) is 7.90. The van der Waals surface area contributed by atoms with Crippen LogP contribution in [-0.2, 0) is 16.0 Å². The van der Waals surface area contributed by atoms with Crippen molar-refractivity contribution in [3.8, 4) is 28.1 Å². The van der Waals surface area contributed by atoms with Crippen LogP contribution >= 0.6 is 0 Å². The van der Waals surface area contributed by atoms with E-state index >= 15 is 4.39 Å². The summed E-state index contributed by atoms with van der Waals surface area (Å²) in [5.74, 6) is -0.0661. The first-order valence-electron chi connectivity index (χ1n) is 13.9. The lowest BCUT2D eigenvalue weighted by atomic mass is 9.93. The van der Waals surface area contributed by atoms with Gasteiger partial charge in [-0.25, -0.2) is 9.37 Å². The zero-order valence-corrected chi connectivity index (χ0v) is 23.5. The van der Waals surface area contributed by atoms with E-state index in [0.717, 1.165) is 29.8 Å². The lowest BCUT2D eigenvalue weighted by Crippen LogP contribution is -2.45. The highest BCUT2D eigenvalue weighted by atomic mass is 19.1. The van der Waals surface area contributed by atoms with Crippen molar-refractivity contribution < 1.29 is 23.8 Å². The Morgan fingerprint density at radius 1 is 1.07 bits per heavy atom. The standard InChI is InChI=1S/C32H33FN4O4/c1-20-15-25(33)30-23-8-6-7-22(17-23)26-19-28-34-21(2)24(18-29(38)39)31(37(28)35-26)36-11-9-32(3,10-12-36)41-14-5-4-13-40-27(30)16-20/h4-8,15-17,19H,9-14,18H2,1-3H3,(H,38,39)/b5-4+. The fourth-order valence-corrected chi connectivity index (χ4v) is 5.76. The summed E-state index contributed by atoms with van der Waals surface area (Å²) in [4.78, 5) is 18.8. The SMILES string of the molecule is Cc1cc(F)c2c(c1)OC/C=C/COC1(C)CCN(CC1)c1c(CC(=O)O)c(C)nc3cc(nn13)-c1cccc-2c1. The Hall–Kier alpha value is -4.24. The topological polar surface area (TPSA) is 89.2 Å². The molecule has 0 atom stereocenters.